The van der Waals surface area contributed by atoms with Crippen molar-refractivity contribution in [1.82, 2.24) is 4.98 Å². The molecular weight excluding hydrogens is 262 g/mol. The molecule has 2 heterocycles. The van der Waals surface area contributed by atoms with Gasteiger partial charge >= 0.3 is 0 Å². The number of pyridine rings is 1. The summed E-state index contributed by atoms with van der Waals surface area (Å²) in [5, 5.41) is 1.73. The van der Waals surface area contributed by atoms with E-state index in [-0.39, 0.29) is 0 Å². The van der Waals surface area contributed by atoms with Gasteiger partial charge in [0.05, 0.1) is 0 Å². The smallest absolute Gasteiger partial charge is 0.130 e. The van der Waals surface area contributed by atoms with Crippen LogP contribution in [0.25, 0.3) is 15.8 Å². The van der Waals surface area contributed by atoms with E-state index in [1.165, 1.54) is 15.8 Å². The zero-order chi connectivity index (χ0) is 13.0. The first kappa shape index (κ1) is 13.3. The molecule has 0 N–H and O–H groups in total. The third-order valence-corrected chi connectivity index (χ3v) is 4.01. The second-order valence-corrected chi connectivity index (χ2v) is 5.52. The Morgan fingerprint density at radius 1 is 1.44 bits per heavy atom. The van der Waals surface area contributed by atoms with Crippen molar-refractivity contribution >= 4 is 38.7 Å². The van der Waals surface area contributed by atoms with Gasteiger partial charge in [-0.05, 0) is 37.1 Å². The average Bonchev–Trinajstić information content (AvgIpc) is 2.77. The molecule has 3 heteroatoms. The molecule has 2 rings (SSSR count). The quantitative estimate of drug-likeness (QED) is 0.515. The van der Waals surface area contributed by atoms with Crippen LogP contribution in [0.1, 0.15) is 31.6 Å². The third-order valence-electron chi connectivity index (χ3n) is 2.67. The molecule has 0 radical (unpaired) electrons. The molecule has 2 aromatic heterocycles. The van der Waals surface area contributed by atoms with Crippen LogP contribution in [0.2, 0.25) is 5.15 Å². The lowest BCUT2D eigenvalue weighted by Crippen LogP contribution is -1.78. The van der Waals surface area contributed by atoms with E-state index >= 15 is 0 Å². The van der Waals surface area contributed by atoms with E-state index in [4.69, 9.17) is 11.6 Å². The van der Waals surface area contributed by atoms with Gasteiger partial charge in [-0.3, -0.25) is 0 Å². The van der Waals surface area contributed by atoms with Crippen molar-refractivity contribution in [3.63, 3.8) is 0 Å². The fraction of sp³-hybridized carbons (Fsp3) is 0.267. The number of hydrogen-bond donors (Lipinski definition) is 0. The maximum atomic E-state index is 5.92. The summed E-state index contributed by atoms with van der Waals surface area (Å²) >= 11 is 7.63. The van der Waals surface area contributed by atoms with Crippen molar-refractivity contribution < 1.29 is 0 Å². The number of allylic oxidation sites excluding steroid dienone is 4. The molecule has 1 nitrogen and oxygen atoms in total. The van der Waals surface area contributed by atoms with Gasteiger partial charge in [-0.2, -0.15) is 0 Å². The monoisotopic (exact) mass is 277 g/mol. The van der Waals surface area contributed by atoms with Gasteiger partial charge in [0.25, 0.3) is 0 Å². The molecule has 2 aromatic rings. The van der Waals surface area contributed by atoms with Crippen molar-refractivity contribution in [3.8, 4) is 0 Å². The second kappa shape index (κ2) is 6.17. The Labute approximate surface area is 117 Å². The molecule has 0 amide bonds. The highest BCUT2D eigenvalue weighted by Gasteiger charge is 2.07. The van der Waals surface area contributed by atoms with E-state index in [1.807, 2.05) is 19.1 Å². The van der Waals surface area contributed by atoms with Gasteiger partial charge in [0, 0.05) is 10.3 Å². The van der Waals surface area contributed by atoms with Gasteiger partial charge in [0.1, 0.15) is 9.98 Å². The summed E-state index contributed by atoms with van der Waals surface area (Å²) in [6.45, 7) is 4.23. The van der Waals surface area contributed by atoms with Crippen LogP contribution in [0.15, 0.2) is 36.4 Å². The van der Waals surface area contributed by atoms with Gasteiger partial charge in [0.2, 0.25) is 0 Å². The molecule has 0 spiro atoms. The minimum atomic E-state index is 0.561. The molecule has 0 saturated carbocycles. The molecule has 0 aliphatic heterocycles. The molecule has 0 atom stereocenters. The van der Waals surface area contributed by atoms with Crippen LogP contribution in [-0.4, -0.2) is 4.98 Å². The van der Waals surface area contributed by atoms with Gasteiger partial charge in [-0.15, -0.1) is 11.3 Å². The lowest BCUT2D eigenvalue weighted by molar-refractivity contribution is 0.976. The molecule has 0 fully saturated rings. The van der Waals surface area contributed by atoms with Crippen molar-refractivity contribution in [2.45, 2.75) is 26.7 Å². The largest absolute Gasteiger partial charge is 0.225 e. The summed E-state index contributed by atoms with van der Waals surface area (Å²) in [4.78, 5) is 6.66. The van der Waals surface area contributed by atoms with Crippen molar-refractivity contribution in [1.29, 1.82) is 0 Å². The highest BCUT2D eigenvalue weighted by Crippen LogP contribution is 2.32. The average molecular weight is 278 g/mol. The summed E-state index contributed by atoms with van der Waals surface area (Å²) < 4.78 is 0. The summed E-state index contributed by atoms with van der Waals surface area (Å²) in [5.41, 5.74) is 1.37. The van der Waals surface area contributed by atoms with E-state index in [1.54, 1.807) is 11.3 Å². The lowest BCUT2D eigenvalue weighted by Gasteiger charge is -2.00. The number of thiophene rings is 1. The summed E-state index contributed by atoms with van der Waals surface area (Å²) in [5.74, 6) is 0. The molecule has 0 bridgehead atoms. The van der Waals surface area contributed by atoms with Crippen molar-refractivity contribution in [3.05, 3.63) is 46.5 Å². The van der Waals surface area contributed by atoms with E-state index in [2.05, 4.69) is 36.2 Å². The Morgan fingerprint density at radius 2 is 2.28 bits per heavy atom. The number of fused-ring (bicyclic) bond motifs is 1. The van der Waals surface area contributed by atoms with Crippen LogP contribution in [0.3, 0.4) is 0 Å². The number of hydrogen-bond acceptors (Lipinski definition) is 2. The molecule has 18 heavy (non-hydrogen) atoms. The lowest BCUT2D eigenvalue weighted by atomic mass is 10.1. The standard InChI is InChI=1S/C15H16ClNS/c1-3-5-7-11(6-4-2)13-10-12-8-9-14(16)17-15(12)18-13/h3,5,7-10H,4,6H2,1-2H3/b5-3-,11-7+. The Bertz CT molecular complexity index is 596. The van der Waals surface area contributed by atoms with Gasteiger partial charge in [-0.1, -0.05) is 43.2 Å². The van der Waals surface area contributed by atoms with Crippen molar-refractivity contribution in [2.75, 3.05) is 0 Å². The molecular formula is C15H16ClNS. The third kappa shape index (κ3) is 3.01. The molecule has 94 valence electrons. The maximum absolute atomic E-state index is 5.92. The number of rotatable bonds is 4. The first-order valence-electron chi connectivity index (χ1n) is 6.13. The second-order valence-electron chi connectivity index (χ2n) is 4.11. The Kier molecular flexibility index (Phi) is 4.56. The first-order valence-corrected chi connectivity index (χ1v) is 7.32. The normalized spacial score (nSPS) is 12.7. The van der Waals surface area contributed by atoms with Crippen LogP contribution in [0, 0.1) is 0 Å². The SMILES string of the molecule is C/C=C\C=C(/CCC)c1cc2ccc(Cl)nc2s1. The van der Waals surface area contributed by atoms with Crippen LogP contribution in [0.4, 0.5) is 0 Å². The van der Waals surface area contributed by atoms with Crippen LogP contribution >= 0.6 is 22.9 Å². The molecule has 0 aromatic carbocycles. The number of halogens is 1. The molecule has 0 aliphatic rings. The fourth-order valence-electron chi connectivity index (χ4n) is 1.82. The molecule has 0 unspecified atom stereocenters. The maximum Gasteiger partial charge on any atom is 0.130 e. The zero-order valence-corrected chi connectivity index (χ0v) is 12.2. The van der Waals surface area contributed by atoms with Crippen molar-refractivity contribution in [2.24, 2.45) is 0 Å². The van der Waals surface area contributed by atoms with Crippen LogP contribution in [-0.2, 0) is 0 Å². The molecule has 0 aliphatic carbocycles. The number of nitrogens with zero attached hydrogens (tertiary/aromatic N) is 1. The number of aromatic nitrogens is 1. The predicted octanol–water partition coefficient (Wildman–Crippen LogP) is 5.71. The summed E-state index contributed by atoms with van der Waals surface area (Å²) in [6, 6.07) is 6.08. The zero-order valence-electron chi connectivity index (χ0n) is 10.6. The van der Waals surface area contributed by atoms with Gasteiger partial charge in [0.15, 0.2) is 0 Å². The Hall–Kier alpha value is -1.12. The molecule has 0 saturated heterocycles. The topological polar surface area (TPSA) is 12.9 Å². The highest BCUT2D eigenvalue weighted by atomic mass is 35.5. The van der Waals surface area contributed by atoms with Gasteiger partial charge < -0.3 is 0 Å². The van der Waals surface area contributed by atoms with E-state index < -0.39 is 0 Å². The van der Waals surface area contributed by atoms with Gasteiger partial charge in [-0.25, -0.2) is 4.98 Å². The summed E-state index contributed by atoms with van der Waals surface area (Å²) in [7, 11) is 0. The van der Waals surface area contributed by atoms with E-state index in [0.717, 1.165) is 17.7 Å². The fourth-order valence-corrected chi connectivity index (χ4v) is 3.11. The van der Waals surface area contributed by atoms with E-state index in [0.29, 0.717) is 5.15 Å². The van der Waals surface area contributed by atoms with Crippen LogP contribution < -0.4 is 0 Å². The minimum absolute atomic E-state index is 0.561. The summed E-state index contributed by atoms with van der Waals surface area (Å²) in [6.07, 6.45) is 8.57. The van der Waals surface area contributed by atoms with Crippen LogP contribution in [0.5, 0.6) is 0 Å². The highest BCUT2D eigenvalue weighted by molar-refractivity contribution is 7.19. The van der Waals surface area contributed by atoms with E-state index in [9.17, 15) is 0 Å². The Morgan fingerprint density at radius 3 is 3.00 bits per heavy atom. The minimum Gasteiger partial charge on any atom is -0.225 e. The Balaban J connectivity index is 2.44. The first-order chi connectivity index (χ1) is 8.74. The predicted molar refractivity (Wildman–Crippen MR) is 82.3 cm³/mol.